The van der Waals surface area contributed by atoms with E-state index >= 15 is 0 Å². The highest BCUT2D eigenvalue weighted by Crippen LogP contribution is 2.67. The Morgan fingerprint density at radius 1 is 0.410 bits per heavy atom. The van der Waals surface area contributed by atoms with Gasteiger partial charge in [0.1, 0.15) is 0 Å². The van der Waals surface area contributed by atoms with Crippen LogP contribution in [-0.4, -0.2) is 64.6 Å². The SMILES string of the molecule is CC(C)(C)C(F)(F)C(F)(F)C(F)(P)C(F)(F)C(F)(F)C(F)(F)C(C)(F)C(F)(F)CC(F)(C(F)(F)F)C(F)(F)F. The minimum absolute atomic E-state index is 0.0657. The maximum atomic E-state index is 14.5. The third kappa shape index (κ3) is 5.01. The molecule has 39 heavy (non-hydrogen) atoms. The molecule has 0 aromatic rings. The zero-order valence-corrected chi connectivity index (χ0v) is 20.4. The Morgan fingerprint density at radius 2 is 0.692 bits per heavy atom. The van der Waals surface area contributed by atoms with Crippen molar-refractivity contribution in [3.63, 3.8) is 0 Å². The van der Waals surface area contributed by atoms with Crippen molar-refractivity contribution in [2.75, 3.05) is 0 Å². The van der Waals surface area contributed by atoms with Gasteiger partial charge in [-0.15, -0.1) is 0 Å². The molecule has 22 heteroatoms. The number of halogens is 21. The highest BCUT2D eigenvalue weighted by molar-refractivity contribution is 7.19. The summed E-state index contributed by atoms with van der Waals surface area (Å²) in [6.07, 6.45) is -20.0. The Kier molecular flexibility index (Phi) is 8.98. The van der Waals surface area contributed by atoms with Crippen molar-refractivity contribution < 1.29 is 92.2 Å². The molecule has 3 atom stereocenters. The second kappa shape index (κ2) is 9.23. The van der Waals surface area contributed by atoms with Gasteiger partial charge in [0.25, 0.3) is 11.3 Å². The van der Waals surface area contributed by atoms with Gasteiger partial charge in [0.15, 0.2) is 0 Å². The van der Waals surface area contributed by atoms with E-state index in [1.165, 1.54) is 0 Å². The van der Waals surface area contributed by atoms with Crippen LogP contribution >= 0.6 is 9.24 Å². The summed E-state index contributed by atoms with van der Waals surface area (Å²) in [6.45, 7) is -1.56. The fraction of sp³-hybridized carbons (Fsp3) is 1.00. The van der Waals surface area contributed by atoms with Crippen molar-refractivity contribution in [3.8, 4) is 0 Å². The van der Waals surface area contributed by atoms with Crippen molar-refractivity contribution in [2.45, 2.75) is 98.8 Å². The van der Waals surface area contributed by atoms with Crippen LogP contribution in [0.15, 0.2) is 0 Å². The molecule has 0 aliphatic heterocycles. The van der Waals surface area contributed by atoms with E-state index in [9.17, 15) is 92.2 Å². The van der Waals surface area contributed by atoms with Crippen LogP contribution in [0.1, 0.15) is 34.1 Å². The summed E-state index contributed by atoms with van der Waals surface area (Å²) in [5.74, 6) is -45.3. The van der Waals surface area contributed by atoms with Crippen molar-refractivity contribution in [3.05, 3.63) is 0 Å². The maximum absolute atomic E-state index is 14.5. The monoisotopic (exact) mass is 650 g/mol. The molecule has 236 valence electrons. The van der Waals surface area contributed by atoms with Crippen LogP contribution in [0.3, 0.4) is 0 Å². The molecule has 0 aromatic heterocycles. The van der Waals surface area contributed by atoms with Gasteiger partial charge in [0.05, 0.1) is 6.42 Å². The van der Waals surface area contributed by atoms with Gasteiger partial charge in [-0.05, 0) is 6.92 Å². The lowest BCUT2D eigenvalue weighted by Gasteiger charge is -2.48. The van der Waals surface area contributed by atoms with E-state index in [1.807, 2.05) is 0 Å². The predicted molar refractivity (Wildman–Crippen MR) is 92.8 cm³/mol. The minimum atomic E-state index is -8.36. The van der Waals surface area contributed by atoms with E-state index in [-0.39, 0.29) is 20.8 Å². The van der Waals surface area contributed by atoms with Gasteiger partial charge < -0.3 is 0 Å². The molecule has 0 amide bonds. The van der Waals surface area contributed by atoms with Crippen LogP contribution < -0.4 is 0 Å². The van der Waals surface area contributed by atoms with Gasteiger partial charge in [-0.25, -0.2) is 22.0 Å². The summed E-state index contributed by atoms with van der Waals surface area (Å²) in [4.78, 5) is 0. The second-order valence-corrected chi connectivity index (χ2v) is 10.3. The highest BCUT2D eigenvalue weighted by atomic mass is 31.0. The molecular weight excluding hydrogens is 634 g/mol. The number of hydrogen-bond donors (Lipinski definition) is 0. The van der Waals surface area contributed by atoms with Crippen molar-refractivity contribution >= 4 is 9.24 Å². The molecule has 0 heterocycles. The van der Waals surface area contributed by atoms with E-state index in [0.29, 0.717) is 0 Å². The Morgan fingerprint density at radius 3 is 0.949 bits per heavy atom. The molecule has 0 nitrogen and oxygen atoms in total. The second-order valence-electron chi connectivity index (χ2n) is 9.51. The summed E-state index contributed by atoms with van der Waals surface area (Å²) in [5.41, 5.74) is -17.9. The third-order valence-electron chi connectivity index (χ3n) is 5.68. The lowest BCUT2D eigenvalue weighted by atomic mass is 9.77. The van der Waals surface area contributed by atoms with Gasteiger partial charge in [-0.2, -0.15) is 70.2 Å². The summed E-state index contributed by atoms with van der Waals surface area (Å²) in [6, 6.07) is 0. The standard InChI is InChI=1S/C17H16F21P/c1-6(2,3)10(22,23)13(28,29)15(32,39)14(30,31)12(26,27)11(24,25)7(4,18)9(20,21)5-8(19,16(33,34)35)17(36,37)38/h5,39H2,1-4H3. The minimum Gasteiger partial charge on any atom is -0.230 e. The summed E-state index contributed by atoms with van der Waals surface area (Å²) in [7, 11) is -0.696. The fourth-order valence-corrected chi connectivity index (χ4v) is 3.04. The molecule has 0 N–H and O–H groups in total. The van der Waals surface area contributed by atoms with Crippen LogP contribution in [0.25, 0.3) is 0 Å². The molecule has 0 bridgehead atoms. The zero-order chi connectivity index (χ0) is 32.7. The lowest BCUT2D eigenvalue weighted by Crippen LogP contribution is -2.75. The normalized spacial score (nSPS) is 19.5. The summed E-state index contributed by atoms with van der Waals surface area (Å²) < 4.78 is 287. The molecule has 0 radical (unpaired) electrons. The number of hydrogen-bond acceptors (Lipinski definition) is 0. The van der Waals surface area contributed by atoms with E-state index in [2.05, 4.69) is 0 Å². The van der Waals surface area contributed by atoms with Crippen molar-refractivity contribution in [1.29, 1.82) is 0 Å². The molecule has 0 fully saturated rings. The van der Waals surface area contributed by atoms with Crippen molar-refractivity contribution in [1.82, 2.24) is 0 Å². The van der Waals surface area contributed by atoms with Crippen molar-refractivity contribution in [2.24, 2.45) is 5.41 Å². The molecule has 0 aromatic carbocycles. The molecular formula is C17H16F21P. The van der Waals surface area contributed by atoms with E-state index < -0.39 is 92.6 Å². The van der Waals surface area contributed by atoms with E-state index in [4.69, 9.17) is 0 Å². The molecule has 0 rings (SSSR count). The maximum Gasteiger partial charge on any atom is 0.431 e. The lowest BCUT2D eigenvalue weighted by molar-refractivity contribution is -0.412. The zero-order valence-electron chi connectivity index (χ0n) is 19.2. The van der Waals surface area contributed by atoms with Crippen LogP contribution in [0.4, 0.5) is 92.2 Å². The topological polar surface area (TPSA) is 0 Å². The molecule has 0 spiro atoms. The predicted octanol–water partition coefficient (Wildman–Crippen LogP) is 9.34. The van der Waals surface area contributed by atoms with Gasteiger partial charge in [-0.1, -0.05) is 30.0 Å². The fourth-order valence-electron chi connectivity index (χ4n) is 2.68. The van der Waals surface area contributed by atoms with Crippen LogP contribution in [0.5, 0.6) is 0 Å². The molecule has 3 unspecified atom stereocenters. The molecule has 0 saturated heterocycles. The average molecular weight is 650 g/mol. The van der Waals surface area contributed by atoms with Crippen LogP contribution in [0.2, 0.25) is 0 Å². The highest BCUT2D eigenvalue weighted by Gasteiger charge is 2.92. The first-order valence-corrected chi connectivity index (χ1v) is 10.0. The number of rotatable bonds is 9. The molecule has 0 saturated carbocycles. The summed E-state index contributed by atoms with van der Waals surface area (Å²) in [5, 5.41) is -7.00. The van der Waals surface area contributed by atoms with Crippen LogP contribution in [0, 0.1) is 5.41 Å². The quantitative estimate of drug-likeness (QED) is 0.173. The van der Waals surface area contributed by atoms with E-state index in [1.54, 1.807) is 0 Å². The first kappa shape index (κ1) is 38.0. The van der Waals surface area contributed by atoms with Gasteiger partial charge in [0, 0.05) is 5.41 Å². The van der Waals surface area contributed by atoms with Gasteiger partial charge in [-0.3, -0.25) is 0 Å². The summed E-state index contributed by atoms with van der Waals surface area (Å²) >= 11 is 0. The largest absolute Gasteiger partial charge is 0.431 e. The Hall–Kier alpha value is -1.04. The first-order chi connectivity index (χ1) is 16.2. The smallest absolute Gasteiger partial charge is 0.230 e. The Bertz CT molecular complexity index is 872. The van der Waals surface area contributed by atoms with E-state index in [0.717, 1.165) is 0 Å². The molecule has 0 aliphatic carbocycles. The molecule has 0 aliphatic rings. The third-order valence-corrected chi connectivity index (χ3v) is 6.40. The first-order valence-electron chi connectivity index (χ1n) is 9.46. The average Bonchev–Trinajstić information content (AvgIpc) is 2.63. The Balaban J connectivity index is 7.16. The van der Waals surface area contributed by atoms with Crippen LogP contribution in [-0.2, 0) is 0 Å². The Labute approximate surface area is 206 Å². The number of alkyl halides is 21. The van der Waals surface area contributed by atoms with Gasteiger partial charge >= 0.3 is 47.6 Å². The van der Waals surface area contributed by atoms with Gasteiger partial charge in [0.2, 0.25) is 5.67 Å².